The standard InChI is InChI=1S/C21H16N2O2S/c1-14-9-10-16(26-14)12-19-17-7-2-3-8-18(17)20(24)23(21(19)25)13-15-6-4-5-11-22-15/h2-12H,13H2,1H3/b19-12+. The van der Waals surface area contributed by atoms with Gasteiger partial charge in [-0.25, -0.2) is 0 Å². The zero-order valence-corrected chi connectivity index (χ0v) is 15.0. The van der Waals surface area contributed by atoms with Crippen LogP contribution >= 0.6 is 11.3 Å². The fourth-order valence-corrected chi connectivity index (χ4v) is 3.83. The summed E-state index contributed by atoms with van der Waals surface area (Å²) >= 11 is 1.62. The number of aryl methyl sites for hydroxylation is 1. The number of rotatable bonds is 3. The Morgan fingerprint density at radius 3 is 2.42 bits per heavy atom. The largest absolute Gasteiger partial charge is 0.269 e. The predicted molar refractivity (Wildman–Crippen MR) is 102 cm³/mol. The van der Waals surface area contributed by atoms with E-state index in [1.807, 2.05) is 61.5 Å². The Kier molecular flexibility index (Phi) is 4.22. The molecule has 26 heavy (non-hydrogen) atoms. The molecule has 0 aliphatic carbocycles. The van der Waals surface area contributed by atoms with Crippen molar-refractivity contribution in [1.29, 1.82) is 0 Å². The molecule has 0 radical (unpaired) electrons. The molecule has 3 aromatic rings. The van der Waals surface area contributed by atoms with Crippen molar-refractivity contribution in [2.24, 2.45) is 0 Å². The van der Waals surface area contributed by atoms with E-state index in [-0.39, 0.29) is 18.4 Å². The molecule has 0 spiro atoms. The molecule has 2 aromatic heterocycles. The van der Waals surface area contributed by atoms with Crippen LogP contribution in [0.15, 0.2) is 60.8 Å². The second-order valence-corrected chi connectivity index (χ2v) is 7.39. The molecule has 2 amide bonds. The van der Waals surface area contributed by atoms with Crippen LogP contribution < -0.4 is 0 Å². The fraction of sp³-hybridized carbons (Fsp3) is 0.0952. The van der Waals surface area contributed by atoms with Gasteiger partial charge in [-0.3, -0.25) is 19.5 Å². The van der Waals surface area contributed by atoms with Crippen LogP contribution in [0.25, 0.3) is 11.6 Å². The molecule has 1 aliphatic heterocycles. The molecule has 0 bridgehead atoms. The average Bonchev–Trinajstić information content (AvgIpc) is 3.08. The van der Waals surface area contributed by atoms with E-state index in [9.17, 15) is 9.59 Å². The van der Waals surface area contributed by atoms with E-state index in [4.69, 9.17) is 0 Å². The van der Waals surface area contributed by atoms with Crippen molar-refractivity contribution < 1.29 is 9.59 Å². The predicted octanol–water partition coefficient (Wildman–Crippen LogP) is 4.17. The minimum Gasteiger partial charge on any atom is -0.269 e. The van der Waals surface area contributed by atoms with Crippen LogP contribution in [-0.2, 0) is 11.3 Å². The van der Waals surface area contributed by atoms with Crippen molar-refractivity contribution in [3.05, 3.63) is 87.4 Å². The van der Waals surface area contributed by atoms with Crippen molar-refractivity contribution >= 4 is 34.8 Å². The third-order valence-electron chi connectivity index (χ3n) is 4.26. The number of amides is 2. The molecule has 0 unspecified atom stereocenters. The number of imide groups is 1. The van der Waals surface area contributed by atoms with Crippen LogP contribution in [0.4, 0.5) is 0 Å². The number of hydrogen-bond acceptors (Lipinski definition) is 4. The summed E-state index contributed by atoms with van der Waals surface area (Å²) in [7, 11) is 0. The SMILES string of the molecule is Cc1ccc(/C=C2/C(=O)N(Cc3ccccn3)C(=O)c3ccccc32)s1. The smallest absolute Gasteiger partial charge is 0.261 e. The first-order valence-electron chi connectivity index (χ1n) is 8.27. The first kappa shape index (κ1) is 16.4. The van der Waals surface area contributed by atoms with Gasteiger partial charge in [-0.2, -0.15) is 0 Å². The summed E-state index contributed by atoms with van der Waals surface area (Å²) in [5.74, 6) is -0.568. The number of fused-ring (bicyclic) bond motifs is 1. The van der Waals surface area contributed by atoms with Gasteiger partial charge in [0.15, 0.2) is 0 Å². The highest BCUT2D eigenvalue weighted by atomic mass is 32.1. The van der Waals surface area contributed by atoms with Crippen molar-refractivity contribution in [1.82, 2.24) is 9.88 Å². The number of benzene rings is 1. The molecule has 0 saturated heterocycles. The van der Waals surface area contributed by atoms with Gasteiger partial charge >= 0.3 is 0 Å². The van der Waals surface area contributed by atoms with Crippen molar-refractivity contribution in [2.75, 3.05) is 0 Å². The third kappa shape index (κ3) is 2.97. The number of hydrogen-bond donors (Lipinski definition) is 0. The van der Waals surface area contributed by atoms with E-state index < -0.39 is 0 Å². The summed E-state index contributed by atoms with van der Waals surface area (Å²) in [6, 6.07) is 16.7. The Morgan fingerprint density at radius 2 is 1.73 bits per heavy atom. The minimum absolute atomic E-state index is 0.160. The van der Waals surface area contributed by atoms with Gasteiger partial charge in [-0.1, -0.05) is 24.3 Å². The molecule has 3 heterocycles. The molecular weight excluding hydrogens is 344 g/mol. The maximum atomic E-state index is 13.1. The van der Waals surface area contributed by atoms with Gasteiger partial charge in [0.2, 0.25) is 0 Å². The van der Waals surface area contributed by atoms with E-state index >= 15 is 0 Å². The lowest BCUT2D eigenvalue weighted by Gasteiger charge is -2.28. The van der Waals surface area contributed by atoms with Crippen molar-refractivity contribution in [3.63, 3.8) is 0 Å². The monoisotopic (exact) mass is 360 g/mol. The molecule has 1 aliphatic rings. The van der Waals surface area contributed by atoms with Gasteiger partial charge < -0.3 is 0 Å². The Balaban J connectivity index is 1.80. The summed E-state index contributed by atoms with van der Waals surface area (Å²) in [5, 5.41) is 0. The van der Waals surface area contributed by atoms with Gasteiger partial charge in [0.1, 0.15) is 0 Å². The van der Waals surface area contributed by atoms with Crippen LogP contribution in [-0.4, -0.2) is 21.7 Å². The van der Waals surface area contributed by atoms with Crippen LogP contribution in [0.5, 0.6) is 0 Å². The number of carbonyl (C=O) groups is 2. The lowest BCUT2D eigenvalue weighted by molar-refractivity contribution is -0.123. The Bertz CT molecular complexity index is 1020. The van der Waals surface area contributed by atoms with E-state index in [1.165, 1.54) is 9.78 Å². The van der Waals surface area contributed by atoms with Crippen LogP contribution in [0.3, 0.4) is 0 Å². The summed E-state index contributed by atoms with van der Waals surface area (Å²) in [5.41, 5.74) is 2.45. The Morgan fingerprint density at radius 1 is 0.962 bits per heavy atom. The average molecular weight is 360 g/mol. The maximum Gasteiger partial charge on any atom is 0.261 e. The first-order valence-corrected chi connectivity index (χ1v) is 9.09. The number of thiophene rings is 1. The number of carbonyl (C=O) groups excluding carboxylic acids is 2. The highest BCUT2D eigenvalue weighted by Gasteiger charge is 2.34. The number of nitrogens with zero attached hydrogens (tertiary/aromatic N) is 2. The highest BCUT2D eigenvalue weighted by Crippen LogP contribution is 2.32. The lowest BCUT2D eigenvalue weighted by Crippen LogP contribution is -2.41. The molecule has 4 rings (SSSR count). The molecule has 1 aromatic carbocycles. The Labute approximate surface area is 155 Å². The first-order chi connectivity index (χ1) is 12.6. The molecule has 4 nitrogen and oxygen atoms in total. The van der Waals surface area contributed by atoms with Crippen LogP contribution in [0.2, 0.25) is 0 Å². The van der Waals surface area contributed by atoms with Gasteiger partial charge in [0, 0.05) is 27.1 Å². The fourth-order valence-electron chi connectivity index (χ4n) is 3.01. The summed E-state index contributed by atoms with van der Waals surface area (Å²) < 4.78 is 0. The lowest BCUT2D eigenvalue weighted by atomic mass is 9.93. The van der Waals surface area contributed by atoms with Crippen molar-refractivity contribution in [2.45, 2.75) is 13.5 Å². The Hall–Kier alpha value is -3.05. The normalized spacial score (nSPS) is 15.4. The van der Waals surface area contributed by atoms with E-state index in [0.29, 0.717) is 22.4 Å². The zero-order valence-electron chi connectivity index (χ0n) is 14.2. The molecule has 0 saturated carbocycles. The quantitative estimate of drug-likeness (QED) is 0.520. The molecule has 0 fully saturated rings. The minimum atomic E-state index is -0.287. The van der Waals surface area contributed by atoms with Gasteiger partial charge in [-0.05, 0) is 48.9 Å². The van der Waals surface area contributed by atoms with E-state index in [2.05, 4.69) is 4.98 Å². The topological polar surface area (TPSA) is 50.3 Å². The van der Waals surface area contributed by atoms with Gasteiger partial charge in [-0.15, -0.1) is 11.3 Å². The summed E-state index contributed by atoms with van der Waals surface area (Å²) in [4.78, 5) is 33.7. The zero-order chi connectivity index (χ0) is 18.1. The summed E-state index contributed by atoms with van der Waals surface area (Å²) in [6.07, 6.45) is 3.53. The third-order valence-corrected chi connectivity index (χ3v) is 5.21. The molecule has 5 heteroatoms. The second kappa shape index (κ2) is 6.69. The molecular formula is C21H16N2O2S. The van der Waals surface area contributed by atoms with E-state index in [0.717, 1.165) is 4.88 Å². The van der Waals surface area contributed by atoms with Crippen LogP contribution in [0, 0.1) is 6.92 Å². The summed E-state index contributed by atoms with van der Waals surface area (Å²) in [6.45, 7) is 2.19. The maximum absolute atomic E-state index is 13.1. The number of aromatic nitrogens is 1. The molecule has 0 N–H and O–H groups in total. The van der Waals surface area contributed by atoms with Crippen molar-refractivity contribution in [3.8, 4) is 0 Å². The molecule has 0 atom stereocenters. The van der Waals surface area contributed by atoms with E-state index in [1.54, 1.807) is 23.6 Å². The highest BCUT2D eigenvalue weighted by molar-refractivity contribution is 7.12. The number of pyridine rings is 1. The van der Waals surface area contributed by atoms with Gasteiger partial charge in [0.25, 0.3) is 11.8 Å². The second-order valence-electron chi connectivity index (χ2n) is 6.07. The van der Waals surface area contributed by atoms with Crippen LogP contribution in [0.1, 0.15) is 31.4 Å². The molecule has 128 valence electrons. The van der Waals surface area contributed by atoms with Gasteiger partial charge in [0.05, 0.1) is 12.2 Å².